The lowest BCUT2D eigenvalue weighted by Crippen LogP contribution is -2.21. The molecule has 3 aromatic heterocycles. The molecule has 1 aromatic carbocycles. The summed E-state index contributed by atoms with van der Waals surface area (Å²) in [6, 6.07) is 9.67. The molecule has 5 rings (SSSR count). The Morgan fingerprint density at radius 1 is 1.23 bits per heavy atom. The lowest BCUT2D eigenvalue weighted by molar-refractivity contribution is 0.903. The van der Waals surface area contributed by atoms with Crippen LogP contribution >= 0.6 is 23.1 Å². The fourth-order valence-corrected chi connectivity index (χ4v) is 5.57. The molecule has 26 heavy (non-hydrogen) atoms. The maximum atomic E-state index is 13.3. The third-order valence-corrected chi connectivity index (χ3v) is 6.87. The maximum Gasteiger partial charge on any atom is 0.277 e. The summed E-state index contributed by atoms with van der Waals surface area (Å²) < 4.78 is 4.55. The highest BCUT2D eigenvalue weighted by molar-refractivity contribution is 7.99. The number of nitrogens with zero attached hydrogens (tertiary/aromatic N) is 4. The minimum Gasteiger partial charge on any atom is -0.267 e. The van der Waals surface area contributed by atoms with Crippen molar-refractivity contribution in [1.29, 1.82) is 0 Å². The third-order valence-electron chi connectivity index (χ3n) is 4.68. The highest BCUT2D eigenvalue weighted by Crippen LogP contribution is 2.37. The number of thiophene rings is 1. The number of benzene rings is 1. The predicted molar refractivity (Wildman–Crippen MR) is 107 cm³/mol. The normalized spacial score (nSPS) is 13.5. The molecule has 0 bridgehead atoms. The number of aromatic nitrogens is 4. The minimum absolute atomic E-state index is 0.00855. The van der Waals surface area contributed by atoms with Gasteiger partial charge in [0, 0.05) is 10.6 Å². The number of hydrogen-bond donors (Lipinski definition) is 0. The summed E-state index contributed by atoms with van der Waals surface area (Å²) in [6.07, 6.45) is 5.08. The zero-order valence-corrected chi connectivity index (χ0v) is 15.6. The van der Waals surface area contributed by atoms with Crippen LogP contribution in [0.25, 0.3) is 21.7 Å². The fourth-order valence-electron chi connectivity index (χ4n) is 3.60. The van der Waals surface area contributed by atoms with Crippen LogP contribution in [0.2, 0.25) is 0 Å². The molecule has 0 spiro atoms. The van der Waals surface area contributed by atoms with Crippen LogP contribution in [0.5, 0.6) is 0 Å². The fraction of sp³-hybridized carbons (Fsp3) is 0.211. The van der Waals surface area contributed by atoms with Gasteiger partial charge in [0.15, 0.2) is 5.16 Å². The molecule has 0 saturated heterocycles. The lowest BCUT2D eigenvalue weighted by Gasteiger charge is -2.10. The number of para-hydroxylation sites is 1. The van der Waals surface area contributed by atoms with Crippen LogP contribution in [0.1, 0.15) is 16.9 Å². The summed E-state index contributed by atoms with van der Waals surface area (Å²) in [7, 11) is 0. The van der Waals surface area contributed by atoms with Crippen LogP contribution < -0.4 is 5.56 Å². The Balaban J connectivity index is 1.94. The van der Waals surface area contributed by atoms with E-state index >= 15 is 0 Å². The highest BCUT2D eigenvalue weighted by Gasteiger charge is 2.26. The first-order chi connectivity index (χ1) is 12.8. The highest BCUT2D eigenvalue weighted by atomic mass is 32.2. The average Bonchev–Trinajstić information content (AvgIpc) is 3.35. The van der Waals surface area contributed by atoms with Crippen LogP contribution in [0.15, 0.2) is 52.9 Å². The Bertz CT molecular complexity index is 1200. The number of thioether (sulfide) groups is 1. The molecule has 0 amide bonds. The summed E-state index contributed by atoms with van der Waals surface area (Å²) in [5.74, 6) is 1.33. The van der Waals surface area contributed by atoms with Crippen molar-refractivity contribution in [3.63, 3.8) is 0 Å². The van der Waals surface area contributed by atoms with Gasteiger partial charge in [0.2, 0.25) is 5.78 Å². The molecule has 0 unspecified atom stereocenters. The van der Waals surface area contributed by atoms with Gasteiger partial charge in [-0.1, -0.05) is 36.0 Å². The molecule has 0 saturated carbocycles. The first-order valence-electron chi connectivity index (χ1n) is 8.53. The van der Waals surface area contributed by atoms with Gasteiger partial charge < -0.3 is 0 Å². The summed E-state index contributed by atoms with van der Waals surface area (Å²) in [5.41, 5.74) is 3.11. The predicted octanol–water partition coefficient (Wildman–Crippen LogP) is 3.86. The quantitative estimate of drug-likeness (QED) is 0.398. The number of aryl methyl sites for hydroxylation is 2. The van der Waals surface area contributed by atoms with Crippen molar-refractivity contribution in [2.75, 3.05) is 5.75 Å². The standard InChI is InChI=1S/C19H16N4OS2/c1-2-11-25-19-21-20-18-22(12-7-4-3-5-8-12)17(24)16-15(23(18)19)13-9-6-10-14(13)26-16/h2-5,7-8H,1,6,9-11H2. The van der Waals surface area contributed by atoms with E-state index in [0.29, 0.717) is 5.78 Å². The molecule has 3 heterocycles. The molecule has 1 aliphatic carbocycles. The number of rotatable bonds is 4. The van der Waals surface area contributed by atoms with E-state index in [4.69, 9.17) is 0 Å². The molecule has 1 aliphatic rings. The topological polar surface area (TPSA) is 52.2 Å². The SMILES string of the molecule is C=CCSc1nnc2n(-c3ccccc3)c(=O)c3sc4c(c3n12)CCC4. The molecular weight excluding hydrogens is 364 g/mol. The monoisotopic (exact) mass is 380 g/mol. The van der Waals surface area contributed by atoms with E-state index in [0.717, 1.165) is 46.1 Å². The summed E-state index contributed by atoms with van der Waals surface area (Å²) in [4.78, 5) is 14.7. The van der Waals surface area contributed by atoms with Crippen molar-refractivity contribution in [2.45, 2.75) is 24.4 Å². The van der Waals surface area contributed by atoms with E-state index in [1.165, 1.54) is 10.4 Å². The zero-order valence-electron chi connectivity index (χ0n) is 14.0. The molecule has 5 nitrogen and oxygen atoms in total. The van der Waals surface area contributed by atoms with E-state index in [-0.39, 0.29) is 5.56 Å². The van der Waals surface area contributed by atoms with Gasteiger partial charge in [-0.15, -0.1) is 28.1 Å². The second-order valence-corrected chi connectivity index (χ2v) is 8.32. The zero-order chi connectivity index (χ0) is 17.7. The van der Waals surface area contributed by atoms with Crippen LogP contribution in [-0.4, -0.2) is 24.9 Å². The van der Waals surface area contributed by atoms with E-state index in [1.54, 1.807) is 27.7 Å². The lowest BCUT2D eigenvalue weighted by atomic mass is 10.2. The third kappa shape index (κ3) is 2.20. The Kier molecular flexibility index (Phi) is 3.72. The first-order valence-corrected chi connectivity index (χ1v) is 10.3. The van der Waals surface area contributed by atoms with Gasteiger partial charge in [-0.2, -0.15) is 0 Å². The minimum atomic E-state index is -0.00855. The van der Waals surface area contributed by atoms with E-state index in [9.17, 15) is 4.79 Å². The smallest absolute Gasteiger partial charge is 0.267 e. The van der Waals surface area contributed by atoms with Crippen LogP contribution in [0.4, 0.5) is 0 Å². The molecule has 0 fully saturated rings. The largest absolute Gasteiger partial charge is 0.277 e. The average molecular weight is 380 g/mol. The van der Waals surface area contributed by atoms with Gasteiger partial charge in [-0.25, -0.2) is 4.57 Å². The molecule has 4 aromatic rings. The molecule has 0 radical (unpaired) electrons. The Morgan fingerprint density at radius 2 is 2.08 bits per heavy atom. The summed E-state index contributed by atoms with van der Waals surface area (Å²) in [6.45, 7) is 3.80. The van der Waals surface area contributed by atoms with Gasteiger partial charge in [0.25, 0.3) is 5.56 Å². The van der Waals surface area contributed by atoms with E-state index < -0.39 is 0 Å². The Morgan fingerprint density at radius 3 is 2.88 bits per heavy atom. The summed E-state index contributed by atoms with van der Waals surface area (Å²) in [5, 5.41) is 9.59. The van der Waals surface area contributed by atoms with Gasteiger partial charge in [-0.3, -0.25) is 9.20 Å². The maximum absolute atomic E-state index is 13.3. The number of fused-ring (bicyclic) bond motifs is 5. The Labute approximate surface area is 158 Å². The van der Waals surface area contributed by atoms with Crippen molar-refractivity contribution in [2.24, 2.45) is 0 Å². The number of hydrogen-bond acceptors (Lipinski definition) is 5. The van der Waals surface area contributed by atoms with Gasteiger partial charge in [0.1, 0.15) is 4.70 Å². The van der Waals surface area contributed by atoms with Crippen LogP contribution in [0.3, 0.4) is 0 Å². The molecule has 0 aliphatic heterocycles. The van der Waals surface area contributed by atoms with Crippen molar-refractivity contribution in [3.05, 3.63) is 63.8 Å². The van der Waals surface area contributed by atoms with Crippen molar-refractivity contribution < 1.29 is 0 Å². The molecule has 0 N–H and O–H groups in total. The van der Waals surface area contributed by atoms with Crippen LogP contribution in [0, 0.1) is 0 Å². The van der Waals surface area contributed by atoms with Gasteiger partial charge in [-0.05, 0) is 37.0 Å². The molecule has 7 heteroatoms. The first kappa shape index (κ1) is 15.8. The van der Waals surface area contributed by atoms with Gasteiger partial charge in [0.05, 0.1) is 11.2 Å². The van der Waals surface area contributed by atoms with Crippen molar-refractivity contribution in [1.82, 2.24) is 19.2 Å². The van der Waals surface area contributed by atoms with E-state index in [2.05, 4.69) is 21.2 Å². The Hall–Kier alpha value is -2.38. The molecular formula is C19H16N4OS2. The van der Waals surface area contributed by atoms with Crippen LogP contribution in [-0.2, 0) is 12.8 Å². The van der Waals surface area contributed by atoms with Crippen molar-refractivity contribution in [3.8, 4) is 5.69 Å². The second kappa shape index (κ2) is 6.10. The van der Waals surface area contributed by atoms with Crippen molar-refractivity contribution >= 4 is 39.1 Å². The van der Waals surface area contributed by atoms with E-state index in [1.807, 2.05) is 36.4 Å². The molecule has 130 valence electrons. The second-order valence-electron chi connectivity index (χ2n) is 6.23. The van der Waals surface area contributed by atoms with Gasteiger partial charge >= 0.3 is 0 Å². The summed E-state index contributed by atoms with van der Waals surface area (Å²) >= 11 is 3.22. The molecule has 0 atom stereocenters.